The van der Waals surface area contributed by atoms with E-state index in [1.54, 1.807) is 6.07 Å². The normalized spacial score (nSPS) is 27.1. The third-order valence-corrected chi connectivity index (χ3v) is 2.90. The van der Waals surface area contributed by atoms with Gasteiger partial charge >= 0.3 is 6.18 Å². The van der Waals surface area contributed by atoms with Crippen LogP contribution in [-0.4, -0.2) is 12.0 Å². The summed E-state index contributed by atoms with van der Waals surface area (Å²) in [7, 11) is 0. The van der Waals surface area contributed by atoms with Crippen molar-refractivity contribution in [2.75, 3.05) is 0 Å². The lowest BCUT2D eigenvalue weighted by atomic mass is 9.79. The molecule has 0 aromatic rings. The fourth-order valence-corrected chi connectivity index (χ4v) is 1.96. The number of halogens is 3. The second kappa shape index (κ2) is 4.65. The summed E-state index contributed by atoms with van der Waals surface area (Å²) in [5.41, 5.74) is 0. The summed E-state index contributed by atoms with van der Waals surface area (Å²) in [6.07, 6.45) is -3.74. The van der Waals surface area contributed by atoms with Gasteiger partial charge in [0.05, 0.1) is 18.4 Å². The summed E-state index contributed by atoms with van der Waals surface area (Å²) in [6, 6.07) is 1.73. The van der Waals surface area contributed by atoms with Crippen molar-refractivity contribution in [1.29, 1.82) is 5.26 Å². The molecule has 0 bridgehead atoms. The maximum absolute atomic E-state index is 12.3. The minimum Gasteiger partial charge on any atom is -0.298 e. The van der Waals surface area contributed by atoms with Crippen LogP contribution in [0.5, 0.6) is 0 Å². The summed E-state index contributed by atoms with van der Waals surface area (Å²) in [5.74, 6) is -1.80. The molecule has 0 saturated heterocycles. The first-order valence-corrected chi connectivity index (χ1v) is 4.91. The Morgan fingerprint density at radius 2 is 1.80 bits per heavy atom. The number of carbonyl (C=O) groups excluding carboxylic acids is 1. The molecule has 0 unspecified atom stereocenters. The van der Waals surface area contributed by atoms with Gasteiger partial charge in [-0.2, -0.15) is 18.4 Å². The van der Waals surface area contributed by atoms with Crippen LogP contribution >= 0.6 is 0 Å². The smallest absolute Gasteiger partial charge is 0.298 e. The summed E-state index contributed by atoms with van der Waals surface area (Å²) >= 11 is 0. The quantitative estimate of drug-likeness (QED) is 0.716. The Morgan fingerprint density at radius 3 is 2.20 bits per heavy atom. The van der Waals surface area contributed by atoms with E-state index in [0.717, 1.165) is 0 Å². The number of nitriles is 1. The Kier molecular flexibility index (Phi) is 3.72. The van der Waals surface area contributed by atoms with E-state index < -0.39 is 12.1 Å². The Morgan fingerprint density at radius 1 is 1.27 bits per heavy atom. The van der Waals surface area contributed by atoms with Gasteiger partial charge in [-0.25, -0.2) is 0 Å². The highest BCUT2D eigenvalue weighted by Gasteiger charge is 2.42. The zero-order valence-electron chi connectivity index (χ0n) is 8.18. The summed E-state index contributed by atoms with van der Waals surface area (Å²) in [6.45, 7) is 0. The maximum Gasteiger partial charge on any atom is 0.391 e. The van der Waals surface area contributed by atoms with Crippen LogP contribution in [-0.2, 0) is 4.79 Å². The van der Waals surface area contributed by atoms with Gasteiger partial charge in [0, 0.05) is 5.92 Å². The van der Waals surface area contributed by atoms with Crippen LogP contribution < -0.4 is 0 Å². The van der Waals surface area contributed by atoms with Crippen LogP contribution in [0, 0.1) is 23.2 Å². The first kappa shape index (κ1) is 12.0. The second-order valence-electron chi connectivity index (χ2n) is 3.89. The molecule has 1 rings (SSSR count). The lowest BCUT2D eigenvalue weighted by Gasteiger charge is -2.28. The zero-order chi connectivity index (χ0) is 11.5. The van der Waals surface area contributed by atoms with Crippen molar-refractivity contribution >= 4 is 5.78 Å². The standard InChI is InChI=1S/C10H12F3NO/c11-10(12,13)8-3-1-7(2-4-8)9(15)5-6-14/h7-8H,1-5H2/t7-,8-. The van der Waals surface area contributed by atoms with E-state index in [9.17, 15) is 18.0 Å². The summed E-state index contributed by atoms with van der Waals surface area (Å²) < 4.78 is 36.8. The number of ketones is 1. The molecule has 84 valence electrons. The van der Waals surface area contributed by atoms with E-state index in [1.165, 1.54) is 0 Å². The van der Waals surface area contributed by atoms with Gasteiger partial charge in [0.15, 0.2) is 0 Å². The molecule has 0 aromatic carbocycles. The SMILES string of the molecule is N#CCC(=O)[C@H]1CC[C@H](C(F)(F)F)CC1. The van der Waals surface area contributed by atoms with E-state index in [0.29, 0.717) is 0 Å². The predicted octanol–water partition coefficient (Wildman–Crippen LogP) is 2.84. The molecule has 1 fully saturated rings. The number of alkyl halides is 3. The molecule has 0 spiro atoms. The third kappa shape index (κ3) is 3.22. The zero-order valence-corrected chi connectivity index (χ0v) is 8.18. The van der Waals surface area contributed by atoms with Crippen LogP contribution in [0.25, 0.3) is 0 Å². The number of nitrogens with zero attached hydrogens (tertiary/aromatic N) is 1. The average Bonchev–Trinajstić information content (AvgIpc) is 2.17. The van der Waals surface area contributed by atoms with Crippen LogP contribution in [0.3, 0.4) is 0 Å². The minimum absolute atomic E-state index is 0.0192. The molecule has 1 aliphatic carbocycles. The highest BCUT2D eigenvalue weighted by Crippen LogP contribution is 2.39. The maximum atomic E-state index is 12.3. The van der Waals surface area contributed by atoms with Gasteiger partial charge in [-0.1, -0.05) is 0 Å². The molecule has 1 aliphatic rings. The summed E-state index contributed by atoms with van der Waals surface area (Å²) in [5, 5.41) is 8.30. The van der Waals surface area contributed by atoms with E-state index >= 15 is 0 Å². The number of hydrogen-bond donors (Lipinski definition) is 0. The van der Waals surface area contributed by atoms with Crippen molar-refractivity contribution in [3.63, 3.8) is 0 Å². The first-order valence-electron chi connectivity index (χ1n) is 4.91. The fourth-order valence-electron chi connectivity index (χ4n) is 1.96. The van der Waals surface area contributed by atoms with Gasteiger partial charge in [-0.3, -0.25) is 4.79 Å². The molecule has 0 N–H and O–H groups in total. The Balaban J connectivity index is 2.43. The molecule has 0 heterocycles. The molecule has 15 heavy (non-hydrogen) atoms. The van der Waals surface area contributed by atoms with Crippen molar-refractivity contribution < 1.29 is 18.0 Å². The van der Waals surface area contributed by atoms with E-state index in [4.69, 9.17) is 5.26 Å². The molecule has 1 saturated carbocycles. The molecule has 0 aliphatic heterocycles. The van der Waals surface area contributed by atoms with Gasteiger partial charge < -0.3 is 0 Å². The predicted molar refractivity (Wildman–Crippen MR) is 46.7 cm³/mol. The molecule has 0 radical (unpaired) electrons. The molecule has 0 atom stereocenters. The van der Waals surface area contributed by atoms with E-state index in [-0.39, 0.29) is 43.8 Å². The van der Waals surface area contributed by atoms with Gasteiger partial charge in [-0.15, -0.1) is 0 Å². The van der Waals surface area contributed by atoms with Crippen LogP contribution in [0.2, 0.25) is 0 Å². The van der Waals surface area contributed by atoms with Crippen LogP contribution in [0.15, 0.2) is 0 Å². The number of Topliss-reactive ketones (excluding diaryl/α,β-unsaturated/α-hetero) is 1. The highest BCUT2D eigenvalue weighted by atomic mass is 19.4. The number of rotatable bonds is 2. The second-order valence-corrected chi connectivity index (χ2v) is 3.89. The van der Waals surface area contributed by atoms with E-state index in [2.05, 4.69) is 0 Å². The molecular formula is C10H12F3NO. The number of carbonyl (C=O) groups is 1. The lowest BCUT2D eigenvalue weighted by molar-refractivity contribution is -0.184. The first-order chi connectivity index (χ1) is 6.95. The van der Waals surface area contributed by atoms with Gasteiger partial charge in [-0.05, 0) is 25.7 Å². The monoisotopic (exact) mass is 219 g/mol. The number of hydrogen-bond acceptors (Lipinski definition) is 2. The third-order valence-electron chi connectivity index (χ3n) is 2.90. The molecule has 2 nitrogen and oxygen atoms in total. The lowest BCUT2D eigenvalue weighted by Crippen LogP contribution is -2.30. The van der Waals surface area contributed by atoms with Crippen molar-refractivity contribution in [3.8, 4) is 6.07 Å². The topological polar surface area (TPSA) is 40.9 Å². The van der Waals surface area contributed by atoms with Crippen molar-refractivity contribution in [1.82, 2.24) is 0 Å². The van der Waals surface area contributed by atoms with Gasteiger partial charge in [0.25, 0.3) is 0 Å². The molecule has 0 amide bonds. The Labute approximate surface area is 86.1 Å². The Hall–Kier alpha value is -1.05. The van der Waals surface area contributed by atoms with Gasteiger partial charge in [0.1, 0.15) is 5.78 Å². The fraction of sp³-hybridized carbons (Fsp3) is 0.800. The van der Waals surface area contributed by atoms with Crippen LogP contribution in [0.1, 0.15) is 32.1 Å². The van der Waals surface area contributed by atoms with Gasteiger partial charge in [0.2, 0.25) is 0 Å². The summed E-state index contributed by atoms with van der Waals surface area (Å²) in [4.78, 5) is 11.3. The highest BCUT2D eigenvalue weighted by molar-refractivity contribution is 5.82. The molecular weight excluding hydrogens is 207 g/mol. The van der Waals surface area contributed by atoms with Crippen LogP contribution in [0.4, 0.5) is 13.2 Å². The average molecular weight is 219 g/mol. The van der Waals surface area contributed by atoms with E-state index in [1.807, 2.05) is 0 Å². The van der Waals surface area contributed by atoms with Crippen molar-refractivity contribution in [2.45, 2.75) is 38.3 Å². The largest absolute Gasteiger partial charge is 0.391 e. The molecule has 0 aromatic heterocycles. The molecule has 5 heteroatoms. The van der Waals surface area contributed by atoms with Crippen molar-refractivity contribution in [2.24, 2.45) is 11.8 Å². The van der Waals surface area contributed by atoms with Crippen molar-refractivity contribution in [3.05, 3.63) is 0 Å². The Bertz CT molecular complexity index is 271. The minimum atomic E-state index is -4.14.